The third-order valence-corrected chi connectivity index (χ3v) is 3.75. The van der Waals surface area contributed by atoms with Gasteiger partial charge in [0.2, 0.25) is 11.9 Å². The average Bonchev–Trinajstić information content (AvgIpc) is 2.38. The van der Waals surface area contributed by atoms with Gasteiger partial charge in [0.25, 0.3) is 0 Å². The number of nitrogens with zero attached hydrogens (tertiary/aromatic N) is 2. The van der Waals surface area contributed by atoms with Gasteiger partial charge in [-0.15, -0.1) is 0 Å². The Kier molecular flexibility index (Phi) is 4.71. The predicted molar refractivity (Wildman–Crippen MR) is 74.6 cm³/mol. The molecule has 5 heteroatoms. The Balaban J connectivity index is 2.06. The molecule has 1 saturated carbocycles. The van der Waals surface area contributed by atoms with E-state index < -0.39 is 0 Å². The van der Waals surface area contributed by atoms with Crippen LogP contribution in [-0.4, -0.2) is 21.9 Å². The molecule has 1 aliphatic rings. The molecule has 1 heterocycles. The molecular weight excluding hydrogens is 240 g/mol. The van der Waals surface area contributed by atoms with E-state index in [1.54, 1.807) is 6.20 Å². The van der Waals surface area contributed by atoms with Gasteiger partial charge < -0.3 is 11.1 Å². The molecule has 104 valence electrons. The van der Waals surface area contributed by atoms with E-state index in [-0.39, 0.29) is 11.9 Å². The predicted octanol–water partition coefficient (Wildman–Crippen LogP) is 2.02. The lowest BCUT2D eigenvalue weighted by molar-refractivity contribution is -0.118. The van der Waals surface area contributed by atoms with Crippen molar-refractivity contribution in [3.05, 3.63) is 18.0 Å². The quantitative estimate of drug-likeness (QED) is 0.850. The van der Waals surface area contributed by atoms with Crippen molar-refractivity contribution >= 4 is 11.9 Å². The van der Waals surface area contributed by atoms with E-state index in [9.17, 15) is 4.79 Å². The summed E-state index contributed by atoms with van der Waals surface area (Å²) in [5.74, 6) is 0.818. The Morgan fingerprint density at radius 2 is 2.21 bits per heavy atom. The molecule has 2 rings (SSSR count). The Hall–Kier alpha value is -1.65. The summed E-state index contributed by atoms with van der Waals surface area (Å²) in [7, 11) is 0. The van der Waals surface area contributed by atoms with Gasteiger partial charge in [-0.05, 0) is 31.7 Å². The number of aromatic nitrogens is 2. The highest BCUT2D eigenvalue weighted by Gasteiger charge is 2.25. The number of amides is 1. The van der Waals surface area contributed by atoms with E-state index in [2.05, 4.69) is 15.3 Å². The Bertz CT molecular complexity index is 429. The van der Waals surface area contributed by atoms with E-state index in [0.29, 0.717) is 18.3 Å². The zero-order valence-corrected chi connectivity index (χ0v) is 11.4. The molecule has 3 N–H and O–H groups in total. The third kappa shape index (κ3) is 4.19. The third-order valence-electron chi connectivity index (χ3n) is 3.75. The summed E-state index contributed by atoms with van der Waals surface area (Å²) in [5, 5.41) is 3.30. The number of anilines is 1. The molecule has 1 amide bonds. The van der Waals surface area contributed by atoms with Crippen LogP contribution in [0.1, 0.15) is 44.2 Å². The number of primary amides is 1. The van der Waals surface area contributed by atoms with E-state index >= 15 is 0 Å². The number of nitrogens with two attached hydrogens (primary N) is 1. The van der Waals surface area contributed by atoms with Crippen LogP contribution in [0.4, 0.5) is 5.95 Å². The lowest BCUT2D eigenvalue weighted by Gasteiger charge is -2.30. The van der Waals surface area contributed by atoms with Crippen LogP contribution in [0.2, 0.25) is 0 Å². The van der Waals surface area contributed by atoms with Crippen LogP contribution in [-0.2, 0) is 4.79 Å². The summed E-state index contributed by atoms with van der Waals surface area (Å²) in [6, 6.07) is 1.91. The fourth-order valence-corrected chi connectivity index (χ4v) is 2.77. The first-order valence-electron chi connectivity index (χ1n) is 6.99. The van der Waals surface area contributed by atoms with Crippen LogP contribution in [0.25, 0.3) is 0 Å². The van der Waals surface area contributed by atoms with Crippen molar-refractivity contribution in [2.24, 2.45) is 11.7 Å². The SMILES string of the molecule is Cc1ccnc(N[C@@H](CC(N)=O)C2CCCCC2)n1. The van der Waals surface area contributed by atoms with Crippen molar-refractivity contribution in [1.29, 1.82) is 0 Å². The van der Waals surface area contributed by atoms with Gasteiger partial charge in [-0.1, -0.05) is 19.3 Å². The van der Waals surface area contributed by atoms with Crippen LogP contribution in [0.5, 0.6) is 0 Å². The zero-order chi connectivity index (χ0) is 13.7. The van der Waals surface area contributed by atoms with Crippen LogP contribution in [0, 0.1) is 12.8 Å². The van der Waals surface area contributed by atoms with Gasteiger partial charge in [0.1, 0.15) is 0 Å². The minimum atomic E-state index is -0.268. The maximum absolute atomic E-state index is 11.3. The smallest absolute Gasteiger partial charge is 0.223 e. The number of carbonyl (C=O) groups is 1. The number of aryl methyl sites for hydroxylation is 1. The fraction of sp³-hybridized carbons (Fsp3) is 0.643. The van der Waals surface area contributed by atoms with Crippen molar-refractivity contribution in [2.45, 2.75) is 51.5 Å². The van der Waals surface area contributed by atoms with E-state index in [4.69, 9.17) is 5.73 Å². The number of carbonyl (C=O) groups excluding carboxylic acids is 1. The van der Waals surface area contributed by atoms with Gasteiger partial charge in [0, 0.05) is 24.4 Å². The summed E-state index contributed by atoms with van der Waals surface area (Å²) >= 11 is 0. The van der Waals surface area contributed by atoms with Crippen LogP contribution in [0.3, 0.4) is 0 Å². The second kappa shape index (κ2) is 6.50. The zero-order valence-electron chi connectivity index (χ0n) is 11.4. The van der Waals surface area contributed by atoms with Gasteiger partial charge in [0.15, 0.2) is 0 Å². The van der Waals surface area contributed by atoms with E-state index in [0.717, 1.165) is 18.5 Å². The fourth-order valence-electron chi connectivity index (χ4n) is 2.77. The standard InChI is InChI=1S/C14H22N4O/c1-10-7-8-16-14(17-10)18-12(9-13(15)19)11-5-3-2-4-6-11/h7-8,11-12H,2-6,9H2,1H3,(H2,15,19)(H,16,17,18)/t12-/m0/s1. The molecule has 0 spiro atoms. The lowest BCUT2D eigenvalue weighted by Crippen LogP contribution is -2.35. The Labute approximate surface area is 114 Å². The minimum Gasteiger partial charge on any atom is -0.370 e. The lowest BCUT2D eigenvalue weighted by atomic mass is 9.82. The topological polar surface area (TPSA) is 80.9 Å². The molecule has 0 radical (unpaired) electrons. The van der Waals surface area contributed by atoms with Gasteiger partial charge in [-0.2, -0.15) is 0 Å². The minimum absolute atomic E-state index is 0.0552. The van der Waals surface area contributed by atoms with Crippen molar-refractivity contribution in [3.8, 4) is 0 Å². The normalized spacial score (nSPS) is 17.9. The highest BCUT2D eigenvalue weighted by atomic mass is 16.1. The number of nitrogens with one attached hydrogen (secondary N) is 1. The van der Waals surface area contributed by atoms with Gasteiger partial charge >= 0.3 is 0 Å². The van der Waals surface area contributed by atoms with E-state index in [1.807, 2.05) is 13.0 Å². The first kappa shape index (κ1) is 13.8. The molecule has 0 aromatic carbocycles. The van der Waals surface area contributed by atoms with Crippen molar-refractivity contribution in [3.63, 3.8) is 0 Å². The summed E-state index contributed by atoms with van der Waals surface area (Å²) in [6.07, 6.45) is 8.13. The van der Waals surface area contributed by atoms with Gasteiger partial charge in [0.05, 0.1) is 0 Å². The Morgan fingerprint density at radius 1 is 1.47 bits per heavy atom. The number of hydrogen-bond donors (Lipinski definition) is 2. The second-order valence-corrected chi connectivity index (χ2v) is 5.34. The van der Waals surface area contributed by atoms with Crippen molar-refractivity contribution in [2.75, 3.05) is 5.32 Å². The molecule has 19 heavy (non-hydrogen) atoms. The highest BCUT2D eigenvalue weighted by molar-refractivity contribution is 5.74. The number of rotatable bonds is 5. The van der Waals surface area contributed by atoms with Crippen molar-refractivity contribution < 1.29 is 4.79 Å². The first-order chi connectivity index (χ1) is 9.15. The molecule has 1 aliphatic carbocycles. The van der Waals surface area contributed by atoms with Gasteiger partial charge in [-0.3, -0.25) is 4.79 Å². The molecule has 0 saturated heterocycles. The summed E-state index contributed by atoms with van der Waals surface area (Å²) in [5.41, 5.74) is 6.28. The molecule has 0 bridgehead atoms. The average molecular weight is 262 g/mol. The molecule has 1 aromatic heterocycles. The van der Waals surface area contributed by atoms with Crippen LogP contribution < -0.4 is 11.1 Å². The summed E-state index contributed by atoms with van der Waals surface area (Å²) in [6.45, 7) is 1.93. The van der Waals surface area contributed by atoms with Gasteiger partial charge in [-0.25, -0.2) is 9.97 Å². The Morgan fingerprint density at radius 3 is 2.84 bits per heavy atom. The molecule has 5 nitrogen and oxygen atoms in total. The summed E-state index contributed by atoms with van der Waals surface area (Å²) < 4.78 is 0. The molecule has 1 aromatic rings. The maximum atomic E-state index is 11.3. The molecule has 0 aliphatic heterocycles. The van der Waals surface area contributed by atoms with Crippen molar-refractivity contribution in [1.82, 2.24) is 9.97 Å². The molecule has 1 fully saturated rings. The maximum Gasteiger partial charge on any atom is 0.223 e. The molecule has 0 unspecified atom stereocenters. The monoisotopic (exact) mass is 262 g/mol. The number of hydrogen-bond acceptors (Lipinski definition) is 4. The first-order valence-corrected chi connectivity index (χ1v) is 6.99. The van der Waals surface area contributed by atoms with Crippen LogP contribution in [0.15, 0.2) is 12.3 Å². The molecular formula is C14H22N4O. The van der Waals surface area contributed by atoms with Crippen LogP contribution >= 0.6 is 0 Å². The summed E-state index contributed by atoms with van der Waals surface area (Å²) in [4.78, 5) is 19.8. The highest BCUT2D eigenvalue weighted by Crippen LogP contribution is 2.29. The second-order valence-electron chi connectivity index (χ2n) is 5.34. The largest absolute Gasteiger partial charge is 0.370 e. The molecule has 1 atom stereocenters. The van der Waals surface area contributed by atoms with E-state index in [1.165, 1.54) is 19.3 Å².